The molecule has 1 heterocycles. The van der Waals surface area contributed by atoms with Gasteiger partial charge in [-0.05, 0) is 32.9 Å². The van der Waals surface area contributed by atoms with Gasteiger partial charge >= 0.3 is 0 Å². The minimum absolute atomic E-state index is 0.519. The monoisotopic (exact) mass is 214 g/mol. The van der Waals surface area contributed by atoms with Gasteiger partial charge in [-0.2, -0.15) is 0 Å². The Labute approximate surface area is 94.2 Å². The van der Waals surface area contributed by atoms with Crippen LogP contribution in [-0.4, -0.2) is 50.8 Å². The summed E-state index contributed by atoms with van der Waals surface area (Å²) in [5.41, 5.74) is 0. The quantitative estimate of drug-likeness (QED) is 0.725. The van der Waals surface area contributed by atoms with Crippen molar-refractivity contribution in [1.82, 2.24) is 10.2 Å². The van der Waals surface area contributed by atoms with E-state index in [0.717, 1.165) is 25.6 Å². The highest BCUT2D eigenvalue weighted by Gasteiger charge is 2.19. The molecule has 1 rings (SSSR count). The number of likely N-dealkylation sites (N-methyl/N-ethyl adjacent to an activating group) is 1. The standard InChI is InChI=1S/C12H26N2O/c1-4-11(10-15-3)13-9-12-7-5-6-8-14(12)2/h11-13H,4-10H2,1-3H3. The van der Waals surface area contributed by atoms with Gasteiger partial charge in [0.05, 0.1) is 6.61 Å². The van der Waals surface area contributed by atoms with Crippen LogP contribution in [0.25, 0.3) is 0 Å². The highest BCUT2D eigenvalue weighted by molar-refractivity contribution is 4.78. The van der Waals surface area contributed by atoms with Crippen LogP contribution in [0.4, 0.5) is 0 Å². The van der Waals surface area contributed by atoms with Crippen molar-refractivity contribution < 1.29 is 4.74 Å². The number of methoxy groups -OCH3 is 1. The molecule has 15 heavy (non-hydrogen) atoms. The number of ether oxygens (including phenoxy) is 1. The fourth-order valence-electron chi connectivity index (χ4n) is 2.23. The lowest BCUT2D eigenvalue weighted by Crippen LogP contribution is -2.46. The van der Waals surface area contributed by atoms with Gasteiger partial charge in [-0.3, -0.25) is 0 Å². The van der Waals surface area contributed by atoms with Crippen LogP contribution in [0, 0.1) is 0 Å². The molecule has 2 unspecified atom stereocenters. The third kappa shape index (κ3) is 4.49. The first-order valence-electron chi connectivity index (χ1n) is 6.20. The van der Waals surface area contributed by atoms with Crippen LogP contribution in [0.3, 0.4) is 0 Å². The molecule has 0 spiro atoms. The molecule has 3 heteroatoms. The molecule has 1 aliphatic heterocycles. The van der Waals surface area contributed by atoms with Crippen molar-refractivity contribution in [2.24, 2.45) is 0 Å². The van der Waals surface area contributed by atoms with E-state index in [2.05, 4.69) is 24.2 Å². The van der Waals surface area contributed by atoms with Crippen molar-refractivity contribution in [2.45, 2.75) is 44.7 Å². The average Bonchev–Trinajstić information content (AvgIpc) is 2.26. The molecule has 0 aromatic heterocycles. The summed E-state index contributed by atoms with van der Waals surface area (Å²) in [5.74, 6) is 0. The largest absolute Gasteiger partial charge is 0.383 e. The zero-order valence-corrected chi connectivity index (χ0v) is 10.5. The summed E-state index contributed by atoms with van der Waals surface area (Å²) in [5, 5.41) is 3.60. The van der Waals surface area contributed by atoms with Gasteiger partial charge in [-0.15, -0.1) is 0 Å². The van der Waals surface area contributed by atoms with Crippen molar-refractivity contribution >= 4 is 0 Å². The number of nitrogens with zero attached hydrogens (tertiary/aromatic N) is 1. The molecule has 0 aromatic carbocycles. The van der Waals surface area contributed by atoms with E-state index in [1.807, 2.05) is 0 Å². The predicted molar refractivity (Wildman–Crippen MR) is 64.2 cm³/mol. The summed E-state index contributed by atoms with van der Waals surface area (Å²) in [6.07, 6.45) is 5.23. The van der Waals surface area contributed by atoms with Crippen LogP contribution < -0.4 is 5.32 Å². The Kier molecular flexibility index (Phi) is 6.22. The summed E-state index contributed by atoms with van der Waals surface area (Å²) in [6.45, 7) is 5.40. The van der Waals surface area contributed by atoms with Gasteiger partial charge < -0.3 is 15.0 Å². The van der Waals surface area contributed by atoms with Crippen molar-refractivity contribution in [3.8, 4) is 0 Å². The molecule has 0 bridgehead atoms. The molecule has 0 aromatic rings. The van der Waals surface area contributed by atoms with Gasteiger partial charge in [0.25, 0.3) is 0 Å². The molecule has 0 saturated carbocycles. The van der Waals surface area contributed by atoms with Gasteiger partial charge in [0, 0.05) is 25.7 Å². The molecule has 0 amide bonds. The van der Waals surface area contributed by atoms with E-state index in [-0.39, 0.29) is 0 Å². The van der Waals surface area contributed by atoms with Gasteiger partial charge in [0.15, 0.2) is 0 Å². The zero-order valence-electron chi connectivity index (χ0n) is 10.5. The van der Waals surface area contributed by atoms with Crippen molar-refractivity contribution in [1.29, 1.82) is 0 Å². The zero-order chi connectivity index (χ0) is 11.1. The maximum Gasteiger partial charge on any atom is 0.0615 e. The second kappa shape index (κ2) is 7.20. The van der Waals surface area contributed by atoms with Crippen molar-refractivity contribution in [3.63, 3.8) is 0 Å². The molecule has 1 N–H and O–H groups in total. The molecule has 1 saturated heterocycles. The van der Waals surface area contributed by atoms with Crippen LogP contribution in [0.1, 0.15) is 32.6 Å². The summed E-state index contributed by atoms with van der Waals surface area (Å²) in [4.78, 5) is 2.48. The number of likely N-dealkylation sites (tertiary alicyclic amines) is 1. The highest BCUT2D eigenvalue weighted by Crippen LogP contribution is 2.14. The molecule has 0 radical (unpaired) electrons. The second-order valence-electron chi connectivity index (χ2n) is 4.60. The van der Waals surface area contributed by atoms with Gasteiger partial charge in [-0.1, -0.05) is 13.3 Å². The van der Waals surface area contributed by atoms with Crippen LogP contribution in [0.15, 0.2) is 0 Å². The number of nitrogens with one attached hydrogen (secondary N) is 1. The molecule has 1 aliphatic rings. The Morgan fingerprint density at radius 2 is 2.27 bits per heavy atom. The van der Waals surface area contributed by atoms with E-state index < -0.39 is 0 Å². The molecule has 1 fully saturated rings. The van der Waals surface area contributed by atoms with E-state index >= 15 is 0 Å². The van der Waals surface area contributed by atoms with E-state index in [1.54, 1.807) is 7.11 Å². The molecule has 3 nitrogen and oxygen atoms in total. The summed E-state index contributed by atoms with van der Waals surface area (Å²) in [7, 11) is 4.01. The first-order valence-corrected chi connectivity index (χ1v) is 6.20. The SMILES string of the molecule is CCC(COC)NCC1CCCCN1C. The first kappa shape index (κ1) is 12.9. The Hall–Kier alpha value is -0.120. The van der Waals surface area contributed by atoms with Gasteiger partial charge in [-0.25, -0.2) is 0 Å². The third-order valence-corrected chi connectivity index (χ3v) is 3.42. The van der Waals surface area contributed by atoms with Gasteiger partial charge in [0.2, 0.25) is 0 Å². The number of hydrogen-bond acceptors (Lipinski definition) is 3. The topological polar surface area (TPSA) is 24.5 Å². The van der Waals surface area contributed by atoms with E-state index in [4.69, 9.17) is 4.74 Å². The minimum Gasteiger partial charge on any atom is -0.383 e. The lowest BCUT2D eigenvalue weighted by Gasteiger charge is -2.33. The highest BCUT2D eigenvalue weighted by atomic mass is 16.5. The Bertz CT molecular complexity index is 164. The normalized spacial score (nSPS) is 25.4. The maximum atomic E-state index is 5.19. The number of piperidine rings is 1. The van der Waals surface area contributed by atoms with E-state index in [0.29, 0.717) is 6.04 Å². The van der Waals surface area contributed by atoms with Crippen LogP contribution in [0.5, 0.6) is 0 Å². The lowest BCUT2D eigenvalue weighted by molar-refractivity contribution is 0.144. The molecular weight excluding hydrogens is 188 g/mol. The summed E-state index contributed by atoms with van der Waals surface area (Å²) >= 11 is 0. The number of rotatable bonds is 6. The minimum atomic E-state index is 0.519. The summed E-state index contributed by atoms with van der Waals surface area (Å²) < 4.78 is 5.19. The van der Waals surface area contributed by atoms with E-state index in [9.17, 15) is 0 Å². The van der Waals surface area contributed by atoms with Crippen LogP contribution in [0.2, 0.25) is 0 Å². The molecule has 90 valence electrons. The maximum absolute atomic E-state index is 5.19. The van der Waals surface area contributed by atoms with Crippen LogP contribution in [-0.2, 0) is 4.74 Å². The fraction of sp³-hybridized carbons (Fsp3) is 1.00. The Morgan fingerprint density at radius 1 is 1.47 bits per heavy atom. The molecule has 0 aliphatic carbocycles. The van der Waals surface area contributed by atoms with Crippen molar-refractivity contribution in [2.75, 3.05) is 33.9 Å². The molecule has 2 atom stereocenters. The lowest BCUT2D eigenvalue weighted by atomic mass is 10.0. The van der Waals surface area contributed by atoms with E-state index in [1.165, 1.54) is 25.8 Å². The predicted octanol–water partition coefficient (Wildman–Crippen LogP) is 1.49. The second-order valence-corrected chi connectivity index (χ2v) is 4.60. The Balaban J connectivity index is 2.21. The molecular formula is C12H26N2O. The van der Waals surface area contributed by atoms with Crippen LogP contribution >= 0.6 is 0 Å². The van der Waals surface area contributed by atoms with Crippen molar-refractivity contribution in [3.05, 3.63) is 0 Å². The summed E-state index contributed by atoms with van der Waals surface area (Å²) in [6, 6.07) is 1.25. The van der Waals surface area contributed by atoms with Gasteiger partial charge in [0.1, 0.15) is 0 Å². The number of hydrogen-bond donors (Lipinski definition) is 1. The fourth-order valence-corrected chi connectivity index (χ4v) is 2.23. The third-order valence-electron chi connectivity index (χ3n) is 3.42. The first-order chi connectivity index (χ1) is 7.27. The average molecular weight is 214 g/mol. The smallest absolute Gasteiger partial charge is 0.0615 e. The Morgan fingerprint density at radius 3 is 2.87 bits per heavy atom.